The minimum atomic E-state index is -3.82. The Kier molecular flexibility index (Phi) is 5.84. The number of hydrogen-bond donors (Lipinski definition) is 1. The number of nitrogens with one attached hydrogen (secondary N) is 1. The van der Waals surface area contributed by atoms with Gasteiger partial charge in [0.15, 0.2) is 0 Å². The Labute approximate surface area is 179 Å². The second kappa shape index (κ2) is 8.56. The van der Waals surface area contributed by atoms with Crippen molar-refractivity contribution in [3.8, 4) is 11.5 Å². The predicted molar refractivity (Wildman–Crippen MR) is 111 cm³/mol. The van der Waals surface area contributed by atoms with Gasteiger partial charge in [-0.3, -0.25) is 10.1 Å². The number of hydrogen-bond acceptors (Lipinski definition) is 6. The van der Waals surface area contributed by atoms with Crippen LogP contribution in [0.1, 0.15) is 18.4 Å². The standard InChI is InChI=1S/C21H21FN4O4S/c1-14-4-6-15(7-5-14)20-24-25-21(30-20)23-19(27)16-3-2-12-26(13-16)31(28,29)18-10-8-17(22)9-11-18/h4-11,16H,2-3,12-13H2,1H3,(H,23,25,27). The predicted octanol–water partition coefficient (Wildman–Crippen LogP) is 3.22. The number of aryl methyl sites for hydroxylation is 1. The summed E-state index contributed by atoms with van der Waals surface area (Å²) in [5.41, 5.74) is 1.82. The molecule has 0 saturated carbocycles. The number of sulfonamides is 1. The molecular weight excluding hydrogens is 423 g/mol. The molecule has 0 bridgehead atoms. The van der Waals surface area contributed by atoms with Crippen LogP contribution in [0.3, 0.4) is 0 Å². The Morgan fingerprint density at radius 2 is 1.84 bits per heavy atom. The molecule has 1 N–H and O–H groups in total. The number of halogens is 1. The van der Waals surface area contributed by atoms with Crippen LogP contribution in [0.5, 0.6) is 0 Å². The molecule has 0 spiro atoms. The van der Waals surface area contributed by atoms with Crippen molar-refractivity contribution in [2.45, 2.75) is 24.7 Å². The molecule has 4 rings (SSSR count). The summed E-state index contributed by atoms with van der Waals surface area (Å²) in [5, 5.41) is 10.4. The molecule has 1 atom stereocenters. The van der Waals surface area contributed by atoms with E-state index in [9.17, 15) is 17.6 Å². The van der Waals surface area contributed by atoms with Gasteiger partial charge in [0.2, 0.25) is 21.8 Å². The molecule has 2 aromatic carbocycles. The van der Waals surface area contributed by atoms with Gasteiger partial charge < -0.3 is 4.42 Å². The molecule has 1 amide bonds. The third-order valence-electron chi connectivity index (χ3n) is 5.16. The van der Waals surface area contributed by atoms with E-state index >= 15 is 0 Å². The lowest BCUT2D eigenvalue weighted by atomic mass is 9.99. The van der Waals surface area contributed by atoms with Crippen LogP contribution in [0.4, 0.5) is 10.4 Å². The molecule has 1 aromatic heterocycles. The first-order valence-electron chi connectivity index (χ1n) is 9.80. The van der Waals surface area contributed by atoms with Crippen molar-refractivity contribution in [3.63, 3.8) is 0 Å². The molecule has 1 unspecified atom stereocenters. The summed E-state index contributed by atoms with van der Waals surface area (Å²) in [6.45, 7) is 2.28. The Balaban J connectivity index is 1.43. The van der Waals surface area contributed by atoms with E-state index in [2.05, 4.69) is 15.5 Å². The maximum absolute atomic E-state index is 13.1. The van der Waals surface area contributed by atoms with Gasteiger partial charge in [-0.15, -0.1) is 5.10 Å². The lowest BCUT2D eigenvalue weighted by Gasteiger charge is -2.30. The van der Waals surface area contributed by atoms with Crippen molar-refractivity contribution in [1.29, 1.82) is 0 Å². The fourth-order valence-corrected chi connectivity index (χ4v) is 4.95. The van der Waals surface area contributed by atoms with Crippen molar-refractivity contribution in [1.82, 2.24) is 14.5 Å². The van der Waals surface area contributed by atoms with E-state index in [1.165, 1.54) is 16.4 Å². The zero-order valence-electron chi connectivity index (χ0n) is 16.8. The Morgan fingerprint density at radius 3 is 2.55 bits per heavy atom. The molecule has 0 aliphatic carbocycles. The Bertz CT molecular complexity index is 1180. The number of nitrogens with zero attached hydrogens (tertiary/aromatic N) is 3. The number of amides is 1. The number of carbonyl (C=O) groups excluding carboxylic acids is 1. The summed E-state index contributed by atoms with van der Waals surface area (Å²) in [6.07, 6.45) is 1.05. The van der Waals surface area contributed by atoms with Crippen molar-refractivity contribution >= 4 is 21.9 Å². The van der Waals surface area contributed by atoms with E-state index in [1.54, 1.807) is 0 Å². The maximum atomic E-state index is 13.1. The van der Waals surface area contributed by atoms with Crippen LogP contribution in [-0.2, 0) is 14.8 Å². The van der Waals surface area contributed by atoms with Gasteiger partial charge in [0, 0.05) is 18.7 Å². The van der Waals surface area contributed by atoms with Crippen molar-refractivity contribution < 1.29 is 22.0 Å². The average Bonchev–Trinajstić information content (AvgIpc) is 3.23. The quantitative estimate of drug-likeness (QED) is 0.648. The number of anilines is 1. The summed E-state index contributed by atoms with van der Waals surface area (Å²) in [7, 11) is -3.82. The second-order valence-corrected chi connectivity index (χ2v) is 9.36. The number of benzene rings is 2. The van der Waals surface area contributed by atoms with Gasteiger partial charge in [-0.25, -0.2) is 12.8 Å². The van der Waals surface area contributed by atoms with Crippen LogP contribution >= 0.6 is 0 Å². The summed E-state index contributed by atoms with van der Waals surface area (Å²) < 4.78 is 45.6. The highest BCUT2D eigenvalue weighted by molar-refractivity contribution is 7.89. The summed E-state index contributed by atoms with van der Waals surface area (Å²) >= 11 is 0. The van der Waals surface area contributed by atoms with Crippen molar-refractivity contribution in [2.24, 2.45) is 5.92 Å². The third kappa shape index (κ3) is 4.64. The molecular formula is C21H21FN4O4S. The van der Waals surface area contributed by atoms with E-state index in [-0.39, 0.29) is 23.3 Å². The molecule has 1 fully saturated rings. The molecule has 8 nitrogen and oxygen atoms in total. The number of piperidine rings is 1. The first-order chi connectivity index (χ1) is 14.8. The Morgan fingerprint density at radius 1 is 1.13 bits per heavy atom. The molecule has 1 saturated heterocycles. The average molecular weight is 444 g/mol. The van der Waals surface area contributed by atoms with E-state index in [0.29, 0.717) is 19.4 Å². The number of rotatable bonds is 5. The van der Waals surface area contributed by atoms with Crippen LogP contribution in [0.15, 0.2) is 57.8 Å². The largest absolute Gasteiger partial charge is 0.403 e. The molecule has 31 heavy (non-hydrogen) atoms. The summed E-state index contributed by atoms with van der Waals surface area (Å²) in [6, 6.07) is 12.1. The molecule has 1 aliphatic heterocycles. The molecule has 1 aliphatic rings. The molecule has 10 heteroatoms. The van der Waals surface area contributed by atoms with E-state index in [4.69, 9.17) is 4.42 Å². The van der Waals surface area contributed by atoms with Crippen LogP contribution < -0.4 is 5.32 Å². The van der Waals surface area contributed by atoms with Gasteiger partial charge in [-0.2, -0.15) is 4.31 Å². The normalized spacial score (nSPS) is 17.4. The van der Waals surface area contributed by atoms with Crippen molar-refractivity contribution in [2.75, 3.05) is 18.4 Å². The highest BCUT2D eigenvalue weighted by Crippen LogP contribution is 2.26. The molecule has 3 aromatic rings. The van der Waals surface area contributed by atoms with Crippen LogP contribution in [-0.4, -0.2) is 41.9 Å². The lowest BCUT2D eigenvalue weighted by molar-refractivity contribution is -0.121. The lowest BCUT2D eigenvalue weighted by Crippen LogP contribution is -2.43. The number of aromatic nitrogens is 2. The second-order valence-electron chi connectivity index (χ2n) is 7.42. The van der Waals surface area contributed by atoms with Crippen LogP contribution in [0.2, 0.25) is 0 Å². The van der Waals surface area contributed by atoms with Gasteiger partial charge in [-0.1, -0.05) is 22.8 Å². The topological polar surface area (TPSA) is 105 Å². The van der Waals surface area contributed by atoms with E-state index < -0.39 is 27.7 Å². The summed E-state index contributed by atoms with van der Waals surface area (Å²) in [4.78, 5) is 12.7. The third-order valence-corrected chi connectivity index (χ3v) is 7.04. The van der Waals surface area contributed by atoms with Gasteiger partial charge in [-0.05, 0) is 56.2 Å². The Hall–Kier alpha value is -3.11. The zero-order valence-corrected chi connectivity index (χ0v) is 17.6. The fraction of sp³-hybridized carbons (Fsp3) is 0.286. The molecule has 2 heterocycles. The SMILES string of the molecule is Cc1ccc(-c2nnc(NC(=O)C3CCCN(S(=O)(=O)c4ccc(F)cc4)C3)o2)cc1. The zero-order chi connectivity index (χ0) is 22.0. The summed E-state index contributed by atoms with van der Waals surface area (Å²) in [5.74, 6) is -1.20. The first-order valence-corrected chi connectivity index (χ1v) is 11.2. The van der Waals surface area contributed by atoms with Gasteiger partial charge in [0.1, 0.15) is 5.82 Å². The van der Waals surface area contributed by atoms with Crippen LogP contribution in [0.25, 0.3) is 11.5 Å². The minimum Gasteiger partial charge on any atom is -0.403 e. The van der Waals surface area contributed by atoms with Crippen LogP contribution in [0, 0.1) is 18.7 Å². The van der Waals surface area contributed by atoms with E-state index in [0.717, 1.165) is 23.3 Å². The van der Waals surface area contributed by atoms with Gasteiger partial charge >= 0.3 is 6.01 Å². The molecule has 162 valence electrons. The fourth-order valence-electron chi connectivity index (χ4n) is 3.42. The van der Waals surface area contributed by atoms with E-state index in [1.807, 2.05) is 31.2 Å². The van der Waals surface area contributed by atoms with Gasteiger partial charge in [0.05, 0.1) is 10.8 Å². The smallest absolute Gasteiger partial charge is 0.322 e. The minimum absolute atomic E-state index is 0.00500. The first kappa shape index (κ1) is 21.1. The van der Waals surface area contributed by atoms with Crippen molar-refractivity contribution in [3.05, 3.63) is 59.9 Å². The number of carbonyl (C=O) groups is 1. The van der Waals surface area contributed by atoms with Gasteiger partial charge in [0.25, 0.3) is 0 Å². The highest BCUT2D eigenvalue weighted by Gasteiger charge is 2.33. The highest BCUT2D eigenvalue weighted by atomic mass is 32.2. The monoisotopic (exact) mass is 444 g/mol. The molecule has 0 radical (unpaired) electrons. The maximum Gasteiger partial charge on any atom is 0.322 e.